The third kappa shape index (κ3) is 2.53. The quantitative estimate of drug-likeness (QED) is 0.683. The van der Waals surface area contributed by atoms with E-state index in [1.165, 1.54) is 18.2 Å². The molecule has 0 amide bonds. The van der Waals surface area contributed by atoms with Gasteiger partial charge in [0.15, 0.2) is 0 Å². The largest absolute Gasteiger partial charge is 0.478 e. The lowest BCUT2D eigenvalue weighted by atomic mass is 10.1. The van der Waals surface area contributed by atoms with Crippen molar-refractivity contribution in [2.75, 3.05) is 0 Å². The average molecular weight is 318 g/mol. The molecule has 15 heavy (non-hydrogen) atoms. The Labute approximate surface area is 93.5 Å². The Bertz CT molecular complexity index is 501. The predicted molar refractivity (Wildman–Crippen MR) is 60.0 cm³/mol. The van der Waals surface area contributed by atoms with Crippen molar-refractivity contribution in [2.24, 2.45) is 0 Å². The van der Waals surface area contributed by atoms with Crippen LogP contribution in [0.15, 0.2) is 18.2 Å². The molecule has 1 aromatic rings. The molecule has 0 radical (unpaired) electrons. The highest BCUT2D eigenvalue weighted by molar-refractivity contribution is 14.2. The first-order valence-electron chi connectivity index (χ1n) is 3.92. The van der Waals surface area contributed by atoms with Crippen LogP contribution in [0, 0.1) is 15.9 Å². The van der Waals surface area contributed by atoms with E-state index in [1.807, 2.05) is 0 Å². The molecule has 0 aromatic heterocycles. The summed E-state index contributed by atoms with van der Waals surface area (Å²) in [6.07, 6.45) is 5.19. The lowest BCUT2D eigenvalue weighted by Gasteiger charge is -2.02. The molecule has 5 heteroatoms. The van der Waals surface area contributed by atoms with Crippen LogP contribution in [-0.4, -0.2) is 11.1 Å². The Morgan fingerprint density at radius 1 is 1.47 bits per heavy atom. The van der Waals surface area contributed by atoms with Crippen LogP contribution in [0.1, 0.15) is 15.9 Å². The molecule has 0 atom stereocenters. The van der Waals surface area contributed by atoms with E-state index in [9.17, 15) is 10.9 Å². The van der Waals surface area contributed by atoms with Gasteiger partial charge in [0.1, 0.15) is 0 Å². The van der Waals surface area contributed by atoms with Gasteiger partial charge in [0.25, 0.3) is 0 Å². The average Bonchev–Trinajstić information content (AvgIpc) is 2.17. The number of carboxylic acid groups (broad SMARTS) is 1. The Balaban J connectivity index is 3.50. The van der Waals surface area contributed by atoms with Crippen LogP contribution >= 0.6 is 19.8 Å². The molecular formula is C10H7IO4. The van der Waals surface area contributed by atoms with E-state index in [-0.39, 0.29) is 15.6 Å². The molecule has 0 saturated heterocycles. The van der Waals surface area contributed by atoms with Crippen molar-refractivity contribution in [1.82, 2.24) is 0 Å². The molecule has 0 unspecified atom stereocenters. The van der Waals surface area contributed by atoms with Gasteiger partial charge in [-0.05, 0) is 11.6 Å². The summed E-state index contributed by atoms with van der Waals surface area (Å²) in [5.74, 6) is 1.05. The number of benzene rings is 1. The number of carboxylic acids is 1. The summed E-state index contributed by atoms with van der Waals surface area (Å²) < 4.78 is 21.9. The van der Waals surface area contributed by atoms with E-state index < -0.39 is 25.8 Å². The Morgan fingerprint density at radius 2 is 2.13 bits per heavy atom. The number of rotatable bonds is 3. The summed E-state index contributed by atoms with van der Waals surface area (Å²) in [5, 5.41) is 8.80. The molecule has 0 fully saturated rings. The molecule has 0 aliphatic carbocycles. The third-order valence-electron chi connectivity index (χ3n) is 1.76. The molecule has 0 aliphatic rings. The molecule has 1 N–H and O–H groups in total. The molecule has 0 heterocycles. The van der Waals surface area contributed by atoms with E-state index in [1.54, 1.807) is 0 Å². The first-order chi connectivity index (χ1) is 7.07. The van der Waals surface area contributed by atoms with Crippen LogP contribution in [0.3, 0.4) is 0 Å². The van der Waals surface area contributed by atoms with E-state index in [0.717, 1.165) is 0 Å². The van der Waals surface area contributed by atoms with Crippen molar-refractivity contribution in [2.45, 2.75) is 6.42 Å². The van der Waals surface area contributed by atoms with Gasteiger partial charge in [-0.25, -0.2) is 10.9 Å². The molecule has 1 rings (SSSR count). The summed E-state index contributed by atoms with van der Waals surface area (Å²) in [5.41, 5.74) is 0.186. The molecule has 1 aromatic carbocycles. The lowest BCUT2D eigenvalue weighted by molar-refractivity contribution is 0.0695. The SMILES string of the molecule is C#CCc1cccc(C(=O)O)c1I(=O)=O. The van der Waals surface area contributed by atoms with Crippen LogP contribution in [0.2, 0.25) is 0 Å². The van der Waals surface area contributed by atoms with Gasteiger partial charge in [0.05, 0.1) is 9.13 Å². The monoisotopic (exact) mass is 318 g/mol. The minimum atomic E-state index is -3.84. The zero-order valence-electron chi connectivity index (χ0n) is 7.57. The normalized spacial score (nSPS) is 9.87. The van der Waals surface area contributed by atoms with Gasteiger partial charge in [-0.3, -0.25) is 0 Å². The topological polar surface area (TPSA) is 71.4 Å². The number of hydrogen-bond donors (Lipinski definition) is 1. The minimum absolute atomic E-state index is 0.104. The fraction of sp³-hybridized carbons (Fsp3) is 0.100. The molecule has 0 bridgehead atoms. The maximum absolute atomic E-state index is 11.0. The van der Waals surface area contributed by atoms with Crippen LogP contribution < -0.4 is 0 Å². The lowest BCUT2D eigenvalue weighted by Crippen LogP contribution is -2.03. The smallest absolute Gasteiger partial charge is 0.342 e. The molecule has 0 saturated carbocycles. The van der Waals surface area contributed by atoms with Gasteiger partial charge >= 0.3 is 25.8 Å². The minimum Gasteiger partial charge on any atom is -0.478 e. The number of carbonyl (C=O) groups is 1. The standard InChI is InChI=1S/C10H7IO4/c1-2-4-7-5-3-6-8(10(12)13)9(7)11(14)15/h1,3,5-6H,4H2,(H,12,13). The van der Waals surface area contributed by atoms with Crippen molar-refractivity contribution in [3.8, 4) is 12.3 Å². The maximum atomic E-state index is 11.0. The van der Waals surface area contributed by atoms with Crippen molar-refractivity contribution < 1.29 is 16.0 Å². The zero-order valence-corrected chi connectivity index (χ0v) is 9.72. The van der Waals surface area contributed by atoms with E-state index in [4.69, 9.17) is 11.5 Å². The molecular weight excluding hydrogens is 311 g/mol. The van der Waals surface area contributed by atoms with E-state index in [2.05, 4.69) is 5.92 Å². The molecule has 78 valence electrons. The van der Waals surface area contributed by atoms with Gasteiger partial charge in [-0.1, -0.05) is 12.1 Å². The second-order valence-electron chi connectivity index (χ2n) is 2.68. The highest BCUT2D eigenvalue weighted by atomic mass is 127. The Morgan fingerprint density at radius 3 is 2.60 bits per heavy atom. The van der Waals surface area contributed by atoms with Gasteiger partial charge in [-0.2, -0.15) is 0 Å². The van der Waals surface area contributed by atoms with E-state index >= 15 is 0 Å². The first kappa shape index (κ1) is 11.7. The second-order valence-corrected chi connectivity index (χ2v) is 5.00. The highest BCUT2D eigenvalue weighted by Gasteiger charge is 2.17. The highest BCUT2D eigenvalue weighted by Crippen LogP contribution is 2.26. The summed E-state index contributed by atoms with van der Waals surface area (Å²) in [6.45, 7) is 0. The van der Waals surface area contributed by atoms with Crippen molar-refractivity contribution in [3.05, 3.63) is 32.9 Å². The number of terminal acetylenes is 1. The fourth-order valence-corrected chi connectivity index (χ4v) is 2.99. The first-order valence-corrected chi connectivity index (χ1v) is 6.76. The van der Waals surface area contributed by atoms with E-state index in [0.29, 0.717) is 5.56 Å². The fourth-order valence-electron chi connectivity index (χ4n) is 1.17. The predicted octanol–water partition coefficient (Wildman–Crippen LogP) is 1.93. The summed E-state index contributed by atoms with van der Waals surface area (Å²) in [6, 6.07) is 4.28. The van der Waals surface area contributed by atoms with Crippen molar-refractivity contribution in [1.29, 1.82) is 0 Å². The molecule has 4 nitrogen and oxygen atoms in total. The third-order valence-corrected chi connectivity index (χ3v) is 3.91. The Kier molecular flexibility index (Phi) is 3.80. The number of hydrogen-bond acceptors (Lipinski definition) is 3. The van der Waals surface area contributed by atoms with Crippen LogP contribution in [0.25, 0.3) is 0 Å². The van der Waals surface area contributed by atoms with Crippen LogP contribution in [0.4, 0.5) is 0 Å². The van der Waals surface area contributed by atoms with Crippen molar-refractivity contribution >= 4 is 25.8 Å². The number of aromatic carboxylic acids is 1. The summed E-state index contributed by atoms with van der Waals surface area (Å²) >= 11 is -3.84. The maximum Gasteiger partial charge on any atom is 0.342 e. The second kappa shape index (κ2) is 4.89. The van der Waals surface area contributed by atoms with Crippen molar-refractivity contribution in [3.63, 3.8) is 0 Å². The molecule has 0 spiro atoms. The Hall–Kier alpha value is -1.42. The summed E-state index contributed by atoms with van der Waals surface area (Å²) in [4.78, 5) is 10.8. The number of halogens is 1. The van der Waals surface area contributed by atoms with Gasteiger partial charge in [0, 0.05) is 6.42 Å². The van der Waals surface area contributed by atoms with Gasteiger partial charge in [-0.15, -0.1) is 12.3 Å². The van der Waals surface area contributed by atoms with Gasteiger partial charge < -0.3 is 5.11 Å². The summed E-state index contributed by atoms with van der Waals surface area (Å²) in [7, 11) is 0. The molecule has 0 aliphatic heterocycles. The van der Waals surface area contributed by atoms with Crippen LogP contribution in [-0.2, 0) is 12.6 Å². The van der Waals surface area contributed by atoms with Crippen LogP contribution in [0.5, 0.6) is 0 Å². The zero-order chi connectivity index (χ0) is 11.4. The van der Waals surface area contributed by atoms with Gasteiger partial charge in [0.2, 0.25) is 0 Å².